The largest absolute Gasteiger partial charge is 0.456 e. The molecule has 0 saturated heterocycles. The molecule has 2 aromatic heterocycles. The summed E-state index contributed by atoms with van der Waals surface area (Å²) in [6.07, 6.45) is -0.343. The molecule has 0 radical (unpaired) electrons. The Bertz CT molecular complexity index is 3170. The van der Waals surface area contributed by atoms with Crippen molar-refractivity contribution in [3.8, 4) is 44.8 Å². The summed E-state index contributed by atoms with van der Waals surface area (Å²) in [4.78, 5) is 15.8. The van der Waals surface area contributed by atoms with E-state index >= 15 is 0 Å². The number of para-hydroxylation sites is 1. The fourth-order valence-corrected chi connectivity index (χ4v) is 8.28. The maximum atomic E-state index is 6.56. The third-order valence-corrected chi connectivity index (χ3v) is 11.2. The van der Waals surface area contributed by atoms with Crippen molar-refractivity contribution in [3.63, 3.8) is 0 Å². The van der Waals surface area contributed by atoms with Gasteiger partial charge in [0.2, 0.25) is 0 Å². The van der Waals surface area contributed by atoms with Gasteiger partial charge in [-0.2, -0.15) is 0 Å². The normalized spacial score (nSPS) is 13.9. The number of pyridine rings is 1. The highest BCUT2D eigenvalue weighted by atomic mass is 16.3. The van der Waals surface area contributed by atoms with E-state index in [9.17, 15) is 0 Å². The van der Waals surface area contributed by atoms with Gasteiger partial charge >= 0.3 is 0 Å². The summed E-state index contributed by atoms with van der Waals surface area (Å²) in [5.41, 5.74) is 12.9. The topological polar surface area (TPSA) is 62.8 Å². The van der Waals surface area contributed by atoms with Crippen LogP contribution in [-0.2, 0) is 0 Å². The van der Waals surface area contributed by atoms with E-state index in [-0.39, 0.29) is 6.17 Å². The highest BCUT2D eigenvalue weighted by Gasteiger charge is 2.25. The fourth-order valence-electron chi connectivity index (χ4n) is 8.28. The molecule has 0 saturated carbocycles. The predicted molar refractivity (Wildman–Crippen MR) is 243 cm³/mol. The lowest BCUT2D eigenvalue weighted by Gasteiger charge is -2.25. The number of rotatable bonds is 7. The minimum Gasteiger partial charge on any atom is -0.456 e. The van der Waals surface area contributed by atoms with E-state index in [0.717, 1.165) is 100 Å². The van der Waals surface area contributed by atoms with E-state index in [2.05, 4.69) is 169 Å². The summed E-state index contributed by atoms with van der Waals surface area (Å²) in [5, 5.41) is 8.04. The molecule has 1 aliphatic rings. The van der Waals surface area contributed by atoms with Crippen LogP contribution in [0.2, 0.25) is 0 Å². The maximum Gasteiger partial charge on any atom is 0.159 e. The lowest BCUT2D eigenvalue weighted by atomic mass is 9.89. The quantitative estimate of drug-likeness (QED) is 0.176. The van der Waals surface area contributed by atoms with Gasteiger partial charge in [-0.05, 0) is 68.9 Å². The van der Waals surface area contributed by atoms with Crippen LogP contribution in [0.5, 0.6) is 0 Å². The van der Waals surface area contributed by atoms with Crippen molar-refractivity contribution >= 4 is 44.4 Å². The molecule has 59 heavy (non-hydrogen) atoms. The minimum absolute atomic E-state index is 0.343. The van der Waals surface area contributed by atoms with E-state index in [0.29, 0.717) is 5.84 Å². The minimum atomic E-state index is -0.343. The van der Waals surface area contributed by atoms with Crippen molar-refractivity contribution in [2.45, 2.75) is 6.17 Å². The molecule has 5 heteroatoms. The number of hydrogen-bond acceptors (Lipinski definition) is 5. The van der Waals surface area contributed by atoms with Crippen molar-refractivity contribution in [2.24, 2.45) is 9.98 Å². The average Bonchev–Trinajstić information content (AvgIpc) is 3.69. The van der Waals surface area contributed by atoms with E-state index in [1.165, 1.54) is 0 Å². The number of aliphatic imine (C=N–C) groups is 2. The number of aromatic nitrogens is 1. The fraction of sp³-hybridized carbons (Fsp3) is 0.0185. The highest BCUT2D eigenvalue weighted by molar-refractivity contribution is 6.20. The van der Waals surface area contributed by atoms with Crippen molar-refractivity contribution in [2.75, 3.05) is 0 Å². The number of amidine groups is 2. The number of furan rings is 1. The second-order valence-corrected chi connectivity index (χ2v) is 14.8. The number of benzene rings is 8. The van der Waals surface area contributed by atoms with Crippen LogP contribution in [0, 0.1) is 0 Å². The molecule has 0 bridgehead atoms. The van der Waals surface area contributed by atoms with Crippen molar-refractivity contribution in [3.05, 3.63) is 223 Å². The molecule has 3 heterocycles. The Morgan fingerprint density at radius 3 is 1.69 bits per heavy atom. The summed E-state index contributed by atoms with van der Waals surface area (Å²) in [6.45, 7) is 0. The third-order valence-electron chi connectivity index (χ3n) is 11.2. The zero-order valence-electron chi connectivity index (χ0n) is 32.0. The van der Waals surface area contributed by atoms with Gasteiger partial charge in [-0.15, -0.1) is 0 Å². The van der Waals surface area contributed by atoms with E-state index < -0.39 is 0 Å². The number of nitrogens with one attached hydrogen (secondary N) is 1. The van der Waals surface area contributed by atoms with Gasteiger partial charge in [-0.1, -0.05) is 176 Å². The zero-order chi connectivity index (χ0) is 39.1. The standard InChI is InChI=1S/C54H36N4O/c1-5-17-35(18-6-1)39-31-48(36-19-7-2-8-20-36)55-49(32-39)43-30-29-42(40-25-13-14-26-41(40)43)45-34-51-46(44-27-15-16-28-50(44)59-51)33-47(45)54-57-52(37-21-9-3-10-22-37)56-53(58-54)38-23-11-4-12-24-38/h1-34,52H,(H,56,57,58). The summed E-state index contributed by atoms with van der Waals surface area (Å²) in [6, 6.07) is 71.6. The second-order valence-electron chi connectivity index (χ2n) is 14.8. The van der Waals surface area contributed by atoms with Gasteiger partial charge in [0.1, 0.15) is 23.2 Å². The average molecular weight is 757 g/mol. The van der Waals surface area contributed by atoms with Gasteiger partial charge in [0.25, 0.3) is 0 Å². The zero-order valence-corrected chi connectivity index (χ0v) is 32.0. The lowest BCUT2D eigenvalue weighted by Crippen LogP contribution is -2.34. The number of hydrogen-bond donors (Lipinski definition) is 1. The molecule has 0 spiro atoms. The molecule has 8 aromatic carbocycles. The van der Waals surface area contributed by atoms with Crippen LogP contribution in [0.1, 0.15) is 22.9 Å². The molecule has 1 aliphatic heterocycles. The molecule has 0 aliphatic carbocycles. The second kappa shape index (κ2) is 14.6. The molecule has 1 N–H and O–H groups in total. The van der Waals surface area contributed by atoms with Crippen LogP contribution < -0.4 is 5.32 Å². The summed E-state index contributed by atoms with van der Waals surface area (Å²) < 4.78 is 6.56. The molecule has 5 nitrogen and oxygen atoms in total. The monoisotopic (exact) mass is 756 g/mol. The smallest absolute Gasteiger partial charge is 0.159 e. The van der Waals surface area contributed by atoms with Gasteiger partial charge in [0.05, 0.1) is 11.4 Å². The van der Waals surface area contributed by atoms with E-state index in [1.54, 1.807) is 0 Å². The van der Waals surface area contributed by atoms with Crippen LogP contribution >= 0.6 is 0 Å². The first kappa shape index (κ1) is 34.4. The molecular weight excluding hydrogens is 721 g/mol. The third kappa shape index (κ3) is 6.35. The Morgan fingerprint density at radius 2 is 0.966 bits per heavy atom. The van der Waals surface area contributed by atoms with Gasteiger partial charge in [-0.3, -0.25) is 0 Å². The highest BCUT2D eigenvalue weighted by Crippen LogP contribution is 2.42. The summed E-state index contributed by atoms with van der Waals surface area (Å²) in [7, 11) is 0. The number of nitrogens with zero attached hydrogens (tertiary/aromatic N) is 3. The van der Waals surface area contributed by atoms with Crippen molar-refractivity contribution < 1.29 is 4.42 Å². The van der Waals surface area contributed by atoms with Gasteiger partial charge in [0.15, 0.2) is 5.84 Å². The Morgan fingerprint density at radius 1 is 0.390 bits per heavy atom. The van der Waals surface area contributed by atoms with Crippen LogP contribution in [0.15, 0.2) is 221 Å². The first-order valence-corrected chi connectivity index (χ1v) is 19.9. The van der Waals surface area contributed by atoms with Gasteiger partial charge < -0.3 is 9.73 Å². The van der Waals surface area contributed by atoms with Crippen molar-refractivity contribution in [1.82, 2.24) is 10.3 Å². The van der Waals surface area contributed by atoms with Crippen LogP contribution in [0.4, 0.5) is 0 Å². The summed E-state index contributed by atoms with van der Waals surface area (Å²) in [5.74, 6) is 1.42. The van der Waals surface area contributed by atoms with Crippen molar-refractivity contribution in [1.29, 1.82) is 0 Å². The molecule has 0 amide bonds. The van der Waals surface area contributed by atoms with E-state index in [1.807, 2.05) is 42.5 Å². The molecule has 1 unspecified atom stereocenters. The van der Waals surface area contributed by atoms with Gasteiger partial charge in [0, 0.05) is 33.0 Å². The number of fused-ring (bicyclic) bond motifs is 4. The molecular formula is C54H36N4O. The van der Waals surface area contributed by atoms with Crippen LogP contribution in [0.25, 0.3) is 77.5 Å². The predicted octanol–water partition coefficient (Wildman–Crippen LogP) is 13.3. The Kier molecular flexibility index (Phi) is 8.48. The summed E-state index contributed by atoms with van der Waals surface area (Å²) >= 11 is 0. The molecule has 1 atom stereocenters. The first-order valence-electron chi connectivity index (χ1n) is 19.9. The Hall–Kier alpha value is -7.89. The van der Waals surface area contributed by atoms with Crippen LogP contribution in [-0.4, -0.2) is 16.7 Å². The molecule has 11 rings (SSSR count). The molecule has 0 fully saturated rings. The Labute approximate surface area is 341 Å². The molecule has 278 valence electrons. The van der Waals surface area contributed by atoms with Crippen LogP contribution in [0.3, 0.4) is 0 Å². The Balaban J connectivity index is 1.14. The first-order chi connectivity index (χ1) is 29.2. The maximum absolute atomic E-state index is 6.56. The van der Waals surface area contributed by atoms with E-state index in [4.69, 9.17) is 19.4 Å². The SMILES string of the molecule is c1ccc(C2=NC(c3ccccc3)NC(c3cc4c(cc3-c3ccc(-c5cc(-c6ccccc6)cc(-c6ccccc6)n5)c5ccccc35)oc3ccccc34)=N2)cc1. The lowest BCUT2D eigenvalue weighted by molar-refractivity contribution is 0.668. The molecule has 10 aromatic rings. The van der Waals surface area contributed by atoms with Gasteiger partial charge in [-0.25, -0.2) is 15.0 Å².